The number of nitrogens with one attached hydrogen (secondary N) is 1. The van der Waals surface area contributed by atoms with Crippen LogP contribution in [0.15, 0.2) is 18.2 Å². The van der Waals surface area contributed by atoms with Gasteiger partial charge < -0.3 is 11.1 Å². The Morgan fingerprint density at radius 3 is 3.15 bits per heavy atom. The molecule has 3 N–H and O–H groups in total. The molecule has 1 unspecified atom stereocenters. The van der Waals surface area contributed by atoms with Crippen molar-refractivity contribution >= 4 is 5.69 Å². The summed E-state index contributed by atoms with van der Waals surface area (Å²) in [5, 5.41) is 3.42. The van der Waals surface area contributed by atoms with Gasteiger partial charge in [-0.25, -0.2) is 0 Å². The fraction of sp³-hybridized carbons (Fsp3) is 0.455. The Balaban J connectivity index is 2.34. The molecule has 1 aliphatic heterocycles. The van der Waals surface area contributed by atoms with Gasteiger partial charge >= 0.3 is 0 Å². The van der Waals surface area contributed by atoms with Crippen molar-refractivity contribution < 1.29 is 0 Å². The van der Waals surface area contributed by atoms with Gasteiger partial charge in [-0.2, -0.15) is 0 Å². The van der Waals surface area contributed by atoms with E-state index in [1.54, 1.807) is 0 Å². The predicted molar refractivity (Wildman–Crippen MR) is 56.0 cm³/mol. The van der Waals surface area contributed by atoms with Crippen LogP contribution in [0.4, 0.5) is 5.69 Å². The molecular formula is C11H16N2. The third-order valence-corrected chi connectivity index (χ3v) is 2.58. The van der Waals surface area contributed by atoms with Gasteiger partial charge in [0.15, 0.2) is 0 Å². The van der Waals surface area contributed by atoms with Crippen LogP contribution in [0.1, 0.15) is 17.5 Å². The number of nitrogens with two attached hydrogens (primary N) is 1. The third kappa shape index (κ3) is 1.83. The number of rotatable bonds is 0. The van der Waals surface area contributed by atoms with E-state index < -0.39 is 0 Å². The zero-order valence-electron chi connectivity index (χ0n) is 8.01. The molecule has 1 aliphatic rings. The molecule has 2 rings (SSSR count). The zero-order chi connectivity index (χ0) is 9.26. The van der Waals surface area contributed by atoms with Gasteiger partial charge in [0, 0.05) is 18.3 Å². The molecule has 0 amide bonds. The van der Waals surface area contributed by atoms with E-state index in [1.807, 2.05) is 0 Å². The predicted octanol–water partition coefficient (Wildman–Crippen LogP) is 1.68. The van der Waals surface area contributed by atoms with Crippen LogP contribution in [0.5, 0.6) is 0 Å². The maximum Gasteiger partial charge on any atom is 0.0375 e. The van der Waals surface area contributed by atoms with Gasteiger partial charge in [0.1, 0.15) is 0 Å². The Bertz CT molecular complexity index is 307. The van der Waals surface area contributed by atoms with Crippen LogP contribution in [-0.2, 0) is 6.42 Å². The average Bonchev–Trinajstić information content (AvgIpc) is 2.25. The largest absolute Gasteiger partial charge is 0.385 e. The molecule has 0 aromatic heterocycles. The molecule has 0 aliphatic carbocycles. The number of hydrogen-bond donors (Lipinski definition) is 2. The van der Waals surface area contributed by atoms with Gasteiger partial charge in [0.25, 0.3) is 0 Å². The van der Waals surface area contributed by atoms with E-state index in [0.29, 0.717) is 6.04 Å². The Morgan fingerprint density at radius 1 is 1.46 bits per heavy atom. The quantitative estimate of drug-likeness (QED) is 0.631. The highest BCUT2D eigenvalue weighted by Gasteiger charge is 2.12. The van der Waals surface area contributed by atoms with Crippen LogP contribution >= 0.6 is 0 Å². The lowest BCUT2D eigenvalue weighted by Crippen LogP contribution is -2.22. The van der Waals surface area contributed by atoms with Crippen molar-refractivity contribution in [1.29, 1.82) is 0 Å². The third-order valence-electron chi connectivity index (χ3n) is 2.58. The number of hydrogen-bond acceptors (Lipinski definition) is 2. The van der Waals surface area contributed by atoms with Crippen LogP contribution in [-0.4, -0.2) is 12.6 Å². The molecule has 1 heterocycles. The molecule has 70 valence electrons. The Labute approximate surface area is 79.1 Å². The van der Waals surface area contributed by atoms with Crippen molar-refractivity contribution in [3.8, 4) is 0 Å². The lowest BCUT2D eigenvalue weighted by Gasteiger charge is -2.08. The Hall–Kier alpha value is -1.02. The van der Waals surface area contributed by atoms with Gasteiger partial charge in [-0.05, 0) is 37.0 Å². The molecule has 0 radical (unpaired) electrons. The van der Waals surface area contributed by atoms with Crippen molar-refractivity contribution in [3.05, 3.63) is 29.3 Å². The molecule has 1 aromatic rings. The molecule has 0 fully saturated rings. The van der Waals surface area contributed by atoms with Crippen LogP contribution in [0.25, 0.3) is 0 Å². The van der Waals surface area contributed by atoms with Crippen molar-refractivity contribution in [2.24, 2.45) is 5.73 Å². The second-order valence-electron chi connectivity index (χ2n) is 3.84. The van der Waals surface area contributed by atoms with E-state index in [1.165, 1.54) is 16.8 Å². The highest BCUT2D eigenvalue weighted by Crippen LogP contribution is 2.21. The number of benzene rings is 1. The first-order valence-electron chi connectivity index (χ1n) is 4.84. The van der Waals surface area contributed by atoms with Crippen molar-refractivity contribution in [2.75, 3.05) is 11.9 Å². The topological polar surface area (TPSA) is 38.0 Å². The fourth-order valence-corrected chi connectivity index (χ4v) is 1.81. The van der Waals surface area contributed by atoms with Crippen LogP contribution in [0, 0.1) is 6.92 Å². The van der Waals surface area contributed by atoms with Gasteiger partial charge in [0.05, 0.1) is 0 Å². The Morgan fingerprint density at radius 2 is 2.31 bits per heavy atom. The van der Waals surface area contributed by atoms with E-state index >= 15 is 0 Å². The van der Waals surface area contributed by atoms with E-state index in [-0.39, 0.29) is 0 Å². The SMILES string of the molecule is Cc1ccc2c(c1)NCCC(N)C2. The summed E-state index contributed by atoms with van der Waals surface area (Å²) in [6.07, 6.45) is 2.07. The van der Waals surface area contributed by atoms with E-state index in [0.717, 1.165) is 19.4 Å². The fourth-order valence-electron chi connectivity index (χ4n) is 1.81. The highest BCUT2D eigenvalue weighted by atomic mass is 14.9. The standard InChI is InChI=1S/C11H16N2/c1-8-2-3-9-7-10(12)4-5-13-11(9)6-8/h2-3,6,10,13H,4-5,7,12H2,1H3. The van der Waals surface area contributed by atoms with Crippen LogP contribution in [0.2, 0.25) is 0 Å². The summed E-state index contributed by atoms with van der Waals surface area (Å²) in [5.74, 6) is 0. The lowest BCUT2D eigenvalue weighted by molar-refractivity contribution is 0.642. The molecule has 0 saturated carbocycles. The summed E-state index contributed by atoms with van der Waals surface area (Å²) in [4.78, 5) is 0. The number of fused-ring (bicyclic) bond motifs is 1. The lowest BCUT2D eigenvalue weighted by atomic mass is 10.0. The minimum atomic E-state index is 0.316. The van der Waals surface area contributed by atoms with E-state index in [9.17, 15) is 0 Å². The van der Waals surface area contributed by atoms with Gasteiger partial charge in [-0.15, -0.1) is 0 Å². The first-order chi connectivity index (χ1) is 6.25. The van der Waals surface area contributed by atoms with Crippen LogP contribution < -0.4 is 11.1 Å². The minimum Gasteiger partial charge on any atom is -0.385 e. The molecule has 0 saturated heterocycles. The summed E-state index contributed by atoms with van der Waals surface area (Å²) < 4.78 is 0. The molecule has 2 nitrogen and oxygen atoms in total. The second kappa shape index (κ2) is 3.38. The molecule has 1 aromatic carbocycles. The average molecular weight is 176 g/mol. The van der Waals surface area contributed by atoms with Gasteiger partial charge in [0.2, 0.25) is 0 Å². The molecular weight excluding hydrogens is 160 g/mol. The number of anilines is 1. The molecule has 0 bridgehead atoms. The summed E-state index contributed by atoms with van der Waals surface area (Å²) in [6, 6.07) is 6.85. The smallest absolute Gasteiger partial charge is 0.0375 e. The maximum absolute atomic E-state index is 5.95. The maximum atomic E-state index is 5.95. The summed E-state index contributed by atoms with van der Waals surface area (Å²) in [7, 11) is 0. The van der Waals surface area contributed by atoms with Crippen molar-refractivity contribution in [3.63, 3.8) is 0 Å². The highest BCUT2D eigenvalue weighted by molar-refractivity contribution is 5.54. The Kier molecular flexibility index (Phi) is 2.23. The molecule has 1 atom stereocenters. The second-order valence-corrected chi connectivity index (χ2v) is 3.84. The van der Waals surface area contributed by atoms with Crippen molar-refractivity contribution in [1.82, 2.24) is 0 Å². The zero-order valence-corrected chi connectivity index (χ0v) is 8.01. The van der Waals surface area contributed by atoms with E-state index in [2.05, 4.69) is 30.4 Å². The summed E-state index contributed by atoms with van der Waals surface area (Å²) in [5.41, 5.74) is 9.88. The monoisotopic (exact) mass is 176 g/mol. The first-order valence-corrected chi connectivity index (χ1v) is 4.84. The summed E-state index contributed by atoms with van der Waals surface area (Å²) in [6.45, 7) is 3.12. The van der Waals surface area contributed by atoms with Crippen LogP contribution in [0.3, 0.4) is 0 Å². The summed E-state index contributed by atoms with van der Waals surface area (Å²) >= 11 is 0. The molecule has 0 spiro atoms. The van der Waals surface area contributed by atoms with Gasteiger partial charge in [-0.3, -0.25) is 0 Å². The normalized spacial score (nSPS) is 21.5. The molecule has 2 heteroatoms. The number of aryl methyl sites for hydroxylation is 1. The minimum absolute atomic E-state index is 0.316. The van der Waals surface area contributed by atoms with Gasteiger partial charge in [-0.1, -0.05) is 12.1 Å². The van der Waals surface area contributed by atoms with Crippen molar-refractivity contribution in [2.45, 2.75) is 25.8 Å². The molecule has 13 heavy (non-hydrogen) atoms. The van der Waals surface area contributed by atoms with E-state index in [4.69, 9.17) is 5.73 Å². The first kappa shape index (κ1) is 8.57.